The van der Waals surface area contributed by atoms with Gasteiger partial charge in [0.25, 0.3) is 0 Å². The predicted molar refractivity (Wildman–Crippen MR) is 151 cm³/mol. The molecule has 0 N–H and O–H groups in total. The third-order valence-electron chi connectivity index (χ3n) is 9.52. The summed E-state index contributed by atoms with van der Waals surface area (Å²) in [6, 6.07) is 6.91. The van der Waals surface area contributed by atoms with Gasteiger partial charge in [-0.15, -0.1) is 0 Å². The van der Waals surface area contributed by atoms with Crippen LogP contribution in [-0.2, 0) is 21.2 Å². The minimum atomic E-state index is -2.04. The Kier molecular flexibility index (Phi) is 6.57. The molecule has 1 saturated carbocycles. The summed E-state index contributed by atoms with van der Waals surface area (Å²) in [6.07, 6.45) is 6.17. The number of halogens is 1. The number of fused-ring (bicyclic) bond motifs is 4. The molecular formula is C32H46FNO2Si. The van der Waals surface area contributed by atoms with Gasteiger partial charge in [0.15, 0.2) is 8.32 Å². The van der Waals surface area contributed by atoms with Gasteiger partial charge in [-0.05, 0) is 78.4 Å². The average molecular weight is 524 g/mol. The van der Waals surface area contributed by atoms with Gasteiger partial charge >= 0.3 is 0 Å². The van der Waals surface area contributed by atoms with E-state index in [0.29, 0.717) is 0 Å². The Morgan fingerprint density at radius 1 is 1.05 bits per heavy atom. The molecule has 2 atom stereocenters. The van der Waals surface area contributed by atoms with Crippen molar-refractivity contribution in [2.45, 2.75) is 129 Å². The Morgan fingerprint density at radius 2 is 1.68 bits per heavy atom. The smallest absolute Gasteiger partial charge is 0.192 e. The molecule has 1 aliphatic heterocycles. The van der Waals surface area contributed by atoms with Gasteiger partial charge in [0, 0.05) is 22.5 Å². The highest BCUT2D eigenvalue weighted by molar-refractivity contribution is 6.74. The number of nitrogens with zero attached hydrogens (tertiary/aromatic N) is 1. The van der Waals surface area contributed by atoms with Crippen molar-refractivity contribution in [3.8, 4) is 0 Å². The normalized spacial score (nSPS) is 24.5. The molecule has 1 fully saturated rings. The molecule has 1 unspecified atom stereocenters. The van der Waals surface area contributed by atoms with Gasteiger partial charge in [-0.25, -0.2) is 4.39 Å². The molecule has 1 spiro atoms. The topological polar surface area (TPSA) is 31.4 Å². The molecule has 0 bridgehead atoms. The zero-order chi connectivity index (χ0) is 27.0. The molecule has 0 radical (unpaired) electrons. The quantitative estimate of drug-likeness (QED) is 0.374. The van der Waals surface area contributed by atoms with Crippen LogP contribution < -0.4 is 0 Å². The second-order valence-electron chi connectivity index (χ2n) is 14.5. The van der Waals surface area contributed by atoms with Crippen molar-refractivity contribution in [1.29, 1.82) is 0 Å². The predicted octanol–water partition coefficient (Wildman–Crippen LogP) is 9.27. The number of hydrogen-bond acceptors (Lipinski definition) is 3. The largest absolute Gasteiger partial charge is 0.410 e. The Labute approximate surface area is 224 Å². The molecule has 1 aromatic heterocycles. The Morgan fingerprint density at radius 3 is 2.24 bits per heavy atom. The zero-order valence-electron chi connectivity index (χ0n) is 24.4. The molecule has 37 heavy (non-hydrogen) atoms. The van der Waals surface area contributed by atoms with E-state index < -0.39 is 8.32 Å². The van der Waals surface area contributed by atoms with Crippen LogP contribution in [0, 0.1) is 11.2 Å². The van der Waals surface area contributed by atoms with Gasteiger partial charge in [-0.1, -0.05) is 73.4 Å². The number of hydrogen-bond donors (Lipinski definition) is 0. The van der Waals surface area contributed by atoms with E-state index >= 15 is 0 Å². The molecule has 202 valence electrons. The molecule has 5 heteroatoms. The highest BCUT2D eigenvalue weighted by Gasteiger charge is 2.54. The van der Waals surface area contributed by atoms with Gasteiger partial charge in [0.2, 0.25) is 0 Å². The van der Waals surface area contributed by atoms with E-state index in [2.05, 4.69) is 61.6 Å². The number of ether oxygens (including phenoxy) is 1. The number of benzene rings is 1. The lowest BCUT2D eigenvalue weighted by Gasteiger charge is -2.45. The standard InChI is InChI=1S/C32H46FNO2Si/c1-20(2)28-26-27(32(16-10-11-17-32)35-29(26)21-12-14-22(33)15-13-21)25-23(34-28)18-31(6,7)19-24(25)36-37(8,9)30(3,4)5/h12-15,20,24,29H,10-11,16-19H2,1-9H3/t24?,29-/m1/s1. The highest BCUT2D eigenvalue weighted by Crippen LogP contribution is 2.60. The molecule has 2 aromatic rings. The summed E-state index contributed by atoms with van der Waals surface area (Å²) in [6.45, 7) is 20.9. The van der Waals surface area contributed by atoms with E-state index in [0.717, 1.165) is 36.9 Å². The lowest BCUT2D eigenvalue weighted by molar-refractivity contribution is -0.0579. The number of aromatic nitrogens is 1. The SMILES string of the molecule is CC(C)c1nc2c(c3c1[C@@H](c1ccc(F)cc1)OC31CCCC1)C(O[Si](C)(C)C(C)(C)C)CC(C)(C)C2. The van der Waals surface area contributed by atoms with Gasteiger partial charge < -0.3 is 9.16 Å². The fourth-order valence-corrected chi connectivity index (χ4v) is 7.92. The second-order valence-corrected chi connectivity index (χ2v) is 19.2. The van der Waals surface area contributed by atoms with Crippen LogP contribution in [0.25, 0.3) is 0 Å². The maximum atomic E-state index is 13.9. The van der Waals surface area contributed by atoms with Gasteiger partial charge in [-0.3, -0.25) is 4.98 Å². The van der Waals surface area contributed by atoms with Crippen molar-refractivity contribution >= 4 is 8.32 Å². The zero-order valence-corrected chi connectivity index (χ0v) is 25.4. The lowest BCUT2D eigenvalue weighted by Crippen LogP contribution is -2.44. The molecular weight excluding hydrogens is 477 g/mol. The Balaban J connectivity index is 1.78. The van der Waals surface area contributed by atoms with Crippen molar-refractivity contribution in [1.82, 2.24) is 4.98 Å². The van der Waals surface area contributed by atoms with Gasteiger partial charge in [-0.2, -0.15) is 0 Å². The van der Waals surface area contributed by atoms with Crippen LogP contribution in [0.4, 0.5) is 4.39 Å². The molecule has 2 heterocycles. The highest BCUT2D eigenvalue weighted by atomic mass is 28.4. The first-order chi connectivity index (χ1) is 17.1. The number of rotatable bonds is 4. The van der Waals surface area contributed by atoms with Crippen molar-refractivity contribution in [2.24, 2.45) is 5.41 Å². The summed E-state index contributed by atoms with van der Waals surface area (Å²) in [5.41, 5.74) is 7.16. The van der Waals surface area contributed by atoms with Crippen molar-refractivity contribution in [2.75, 3.05) is 0 Å². The minimum absolute atomic E-state index is 0.0233. The summed E-state index contributed by atoms with van der Waals surface area (Å²) in [5.74, 6) is 0.0576. The van der Waals surface area contributed by atoms with Crippen LogP contribution in [0.3, 0.4) is 0 Å². The molecule has 0 amide bonds. The molecule has 3 nitrogen and oxygen atoms in total. The van der Waals surface area contributed by atoms with Crippen LogP contribution in [-0.4, -0.2) is 13.3 Å². The van der Waals surface area contributed by atoms with Gasteiger partial charge in [0.1, 0.15) is 11.9 Å². The van der Waals surface area contributed by atoms with E-state index in [9.17, 15) is 4.39 Å². The van der Waals surface area contributed by atoms with Gasteiger partial charge in [0.05, 0.1) is 11.7 Å². The number of pyridine rings is 1. The van der Waals surface area contributed by atoms with Crippen molar-refractivity contribution < 1.29 is 13.6 Å². The van der Waals surface area contributed by atoms with E-state index in [1.54, 1.807) is 12.1 Å². The first-order valence-electron chi connectivity index (χ1n) is 14.3. The van der Waals surface area contributed by atoms with Crippen LogP contribution in [0.15, 0.2) is 24.3 Å². The first-order valence-corrected chi connectivity index (χ1v) is 17.2. The third kappa shape index (κ3) is 4.63. The molecule has 2 aliphatic carbocycles. The van der Waals surface area contributed by atoms with Crippen LogP contribution in [0.5, 0.6) is 0 Å². The maximum Gasteiger partial charge on any atom is 0.192 e. The third-order valence-corrected chi connectivity index (χ3v) is 14.0. The molecule has 1 aromatic carbocycles. The van der Waals surface area contributed by atoms with E-state index in [1.807, 2.05) is 12.1 Å². The second kappa shape index (κ2) is 8.99. The van der Waals surface area contributed by atoms with Crippen molar-refractivity contribution in [3.63, 3.8) is 0 Å². The first kappa shape index (κ1) is 27.0. The maximum absolute atomic E-state index is 13.9. The fraction of sp³-hybridized carbons (Fsp3) is 0.656. The fourth-order valence-electron chi connectivity index (χ4n) is 6.65. The Bertz CT molecular complexity index is 1170. The Hall–Kier alpha value is -1.56. The van der Waals surface area contributed by atoms with E-state index in [-0.39, 0.29) is 40.0 Å². The minimum Gasteiger partial charge on any atom is -0.410 e. The summed E-state index contributed by atoms with van der Waals surface area (Å²) in [4.78, 5) is 5.45. The van der Waals surface area contributed by atoms with Crippen LogP contribution in [0.1, 0.15) is 132 Å². The van der Waals surface area contributed by atoms with Crippen LogP contribution in [0.2, 0.25) is 18.1 Å². The molecule has 5 rings (SSSR count). The van der Waals surface area contributed by atoms with Crippen LogP contribution >= 0.6 is 0 Å². The monoisotopic (exact) mass is 523 g/mol. The molecule has 3 aliphatic rings. The summed E-state index contributed by atoms with van der Waals surface area (Å²) < 4.78 is 28.3. The van der Waals surface area contributed by atoms with E-state index in [1.165, 1.54) is 35.2 Å². The summed E-state index contributed by atoms with van der Waals surface area (Å²) >= 11 is 0. The van der Waals surface area contributed by atoms with E-state index in [4.69, 9.17) is 14.1 Å². The lowest BCUT2D eigenvalue weighted by atomic mass is 9.70. The summed E-state index contributed by atoms with van der Waals surface area (Å²) in [5, 5.41) is 0.126. The average Bonchev–Trinajstić information content (AvgIpc) is 3.37. The molecule has 0 saturated heterocycles. The summed E-state index contributed by atoms with van der Waals surface area (Å²) in [7, 11) is -2.04. The van der Waals surface area contributed by atoms with Crippen molar-refractivity contribution in [3.05, 3.63) is 63.7 Å².